The number of rotatable bonds is 8. The van der Waals surface area contributed by atoms with Crippen molar-refractivity contribution in [2.24, 2.45) is 0 Å². The average molecular weight is 362 g/mol. The van der Waals surface area contributed by atoms with Gasteiger partial charge in [-0.1, -0.05) is 66.7 Å². The fraction of sp³-hybridized carbons (Fsp3) is 0.174. The van der Waals surface area contributed by atoms with Crippen LogP contribution in [0.2, 0.25) is 0 Å². The first kappa shape index (κ1) is 18.7. The number of carboxylic acids is 1. The van der Waals surface area contributed by atoms with Crippen molar-refractivity contribution in [1.82, 2.24) is 0 Å². The summed E-state index contributed by atoms with van der Waals surface area (Å²) < 4.78 is 5.96. The van der Waals surface area contributed by atoms with Gasteiger partial charge in [0.05, 0.1) is 12.2 Å². The summed E-state index contributed by atoms with van der Waals surface area (Å²) in [5.41, 5.74) is 3.39. The van der Waals surface area contributed by atoms with E-state index in [-0.39, 0.29) is 18.8 Å². The number of ether oxygens (including phenoxy) is 1. The summed E-state index contributed by atoms with van der Waals surface area (Å²) >= 11 is 0. The standard InChI is InChI=1S/C23H22O4/c24-15-19-10-6-11-20(22(19)23(25)26)16-27-21-12-5-4-9-18(21)14-13-17-7-2-1-3-8-17/h1-12,24H,13-16H2,(H,25,26). The Balaban J connectivity index is 1.75. The van der Waals surface area contributed by atoms with Crippen LogP contribution in [0.5, 0.6) is 5.75 Å². The van der Waals surface area contributed by atoms with E-state index in [1.165, 1.54) is 5.56 Å². The van der Waals surface area contributed by atoms with Crippen molar-refractivity contribution in [2.75, 3.05) is 0 Å². The van der Waals surface area contributed by atoms with Gasteiger partial charge in [0.2, 0.25) is 0 Å². The van der Waals surface area contributed by atoms with Gasteiger partial charge in [-0.2, -0.15) is 0 Å². The normalized spacial score (nSPS) is 10.6. The lowest BCUT2D eigenvalue weighted by Gasteiger charge is -2.14. The highest BCUT2D eigenvalue weighted by atomic mass is 16.5. The van der Waals surface area contributed by atoms with Crippen molar-refractivity contribution in [3.8, 4) is 5.75 Å². The largest absolute Gasteiger partial charge is 0.489 e. The van der Waals surface area contributed by atoms with E-state index in [1.807, 2.05) is 42.5 Å². The zero-order chi connectivity index (χ0) is 19.1. The van der Waals surface area contributed by atoms with Gasteiger partial charge in [0.25, 0.3) is 0 Å². The first-order chi connectivity index (χ1) is 13.2. The molecule has 0 amide bonds. The van der Waals surface area contributed by atoms with E-state index in [1.54, 1.807) is 18.2 Å². The van der Waals surface area contributed by atoms with Crippen LogP contribution >= 0.6 is 0 Å². The number of carboxylic acid groups (broad SMARTS) is 1. The van der Waals surface area contributed by atoms with Gasteiger partial charge in [0.1, 0.15) is 12.4 Å². The lowest BCUT2D eigenvalue weighted by atomic mass is 10.0. The van der Waals surface area contributed by atoms with Crippen molar-refractivity contribution in [3.05, 3.63) is 101 Å². The van der Waals surface area contributed by atoms with Gasteiger partial charge < -0.3 is 14.9 Å². The van der Waals surface area contributed by atoms with Gasteiger partial charge in [-0.05, 0) is 35.6 Å². The van der Waals surface area contributed by atoms with E-state index >= 15 is 0 Å². The van der Waals surface area contributed by atoms with Crippen LogP contribution in [-0.2, 0) is 26.1 Å². The maximum absolute atomic E-state index is 11.6. The number of aliphatic hydroxyl groups excluding tert-OH is 1. The summed E-state index contributed by atoms with van der Waals surface area (Å²) in [7, 11) is 0. The molecule has 0 radical (unpaired) electrons. The third-order valence-electron chi connectivity index (χ3n) is 4.50. The number of hydrogen-bond donors (Lipinski definition) is 2. The molecule has 0 unspecified atom stereocenters. The van der Waals surface area contributed by atoms with Crippen molar-refractivity contribution in [2.45, 2.75) is 26.1 Å². The number of para-hydroxylation sites is 1. The molecule has 0 saturated carbocycles. The number of carbonyl (C=O) groups is 1. The lowest BCUT2D eigenvalue weighted by Crippen LogP contribution is -2.10. The number of benzene rings is 3. The molecule has 0 heterocycles. The zero-order valence-electron chi connectivity index (χ0n) is 15.0. The van der Waals surface area contributed by atoms with E-state index in [4.69, 9.17) is 4.74 Å². The molecule has 3 aromatic carbocycles. The van der Waals surface area contributed by atoms with Crippen LogP contribution in [0.4, 0.5) is 0 Å². The summed E-state index contributed by atoms with van der Waals surface area (Å²) in [5, 5.41) is 18.9. The van der Waals surface area contributed by atoms with Gasteiger partial charge in [-0.15, -0.1) is 0 Å². The van der Waals surface area contributed by atoms with E-state index in [9.17, 15) is 15.0 Å². The molecule has 3 aromatic rings. The third kappa shape index (κ3) is 4.74. The average Bonchev–Trinajstić information content (AvgIpc) is 2.71. The smallest absolute Gasteiger partial charge is 0.336 e. The first-order valence-corrected chi connectivity index (χ1v) is 8.88. The number of aryl methyl sites for hydroxylation is 2. The van der Waals surface area contributed by atoms with Crippen molar-refractivity contribution in [3.63, 3.8) is 0 Å². The highest BCUT2D eigenvalue weighted by Gasteiger charge is 2.15. The molecule has 3 rings (SSSR count). The number of aliphatic hydroxyl groups is 1. The quantitative estimate of drug-likeness (QED) is 0.629. The predicted molar refractivity (Wildman–Crippen MR) is 104 cm³/mol. The molecule has 0 aliphatic rings. The van der Waals surface area contributed by atoms with Crippen molar-refractivity contribution >= 4 is 5.97 Å². The lowest BCUT2D eigenvalue weighted by molar-refractivity contribution is 0.0690. The molecule has 0 aliphatic carbocycles. The van der Waals surface area contributed by atoms with Gasteiger partial charge in [0, 0.05) is 5.56 Å². The monoisotopic (exact) mass is 362 g/mol. The molecule has 0 spiro atoms. The summed E-state index contributed by atoms with van der Waals surface area (Å²) in [6, 6.07) is 23.1. The molecule has 4 heteroatoms. The maximum Gasteiger partial charge on any atom is 0.336 e. The Morgan fingerprint density at radius 3 is 2.19 bits per heavy atom. The van der Waals surface area contributed by atoms with Gasteiger partial charge >= 0.3 is 5.97 Å². The molecule has 138 valence electrons. The minimum Gasteiger partial charge on any atom is -0.489 e. The Kier molecular flexibility index (Phi) is 6.23. The Labute approximate surface area is 158 Å². The van der Waals surface area contributed by atoms with Crippen LogP contribution in [-0.4, -0.2) is 16.2 Å². The molecule has 0 fully saturated rings. The van der Waals surface area contributed by atoms with Gasteiger partial charge in [-0.25, -0.2) is 4.79 Å². The van der Waals surface area contributed by atoms with Crippen molar-refractivity contribution < 1.29 is 19.7 Å². The molecule has 0 atom stereocenters. The Morgan fingerprint density at radius 2 is 1.44 bits per heavy atom. The van der Waals surface area contributed by atoms with Crippen LogP contribution in [0, 0.1) is 0 Å². The molecule has 4 nitrogen and oxygen atoms in total. The molecule has 0 bridgehead atoms. The maximum atomic E-state index is 11.6. The Bertz CT molecular complexity index is 903. The summed E-state index contributed by atoms with van der Waals surface area (Å²) in [6.07, 6.45) is 1.74. The van der Waals surface area contributed by atoms with Crippen LogP contribution in [0.3, 0.4) is 0 Å². The highest BCUT2D eigenvalue weighted by molar-refractivity contribution is 5.91. The second-order valence-corrected chi connectivity index (χ2v) is 6.30. The topological polar surface area (TPSA) is 66.8 Å². The molecule has 0 saturated heterocycles. The minimum atomic E-state index is -1.06. The molecular formula is C23H22O4. The van der Waals surface area contributed by atoms with Gasteiger partial charge in [-0.3, -0.25) is 0 Å². The van der Waals surface area contributed by atoms with Crippen molar-refractivity contribution in [1.29, 1.82) is 0 Å². The third-order valence-corrected chi connectivity index (χ3v) is 4.50. The summed E-state index contributed by atoms with van der Waals surface area (Å²) in [6.45, 7) is -0.180. The predicted octanol–water partition coefficient (Wildman–Crippen LogP) is 4.24. The fourth-order valence-corrected chi connectivity index (χ4v) is 3.11. The van der Waals surface area contributed by atoms with E-state index in [0.717, 1.165) is 24.2 Å². The highest BCUT2D eigenvalue weighted by Crippen LogP contribution is 2.23. The van der Waals surface area contributed by atoms with Crippen LogP contribution in [0.15, 0.2) is 72.8 Å². The second kappa shape index (κ2) is 9.01. The zero-order valence-corrected chi connectivity index (χ0v) is 15.0. The Hall–Kier alpha value is -3.11. The van der Waals surface area contributed by atoms with Gasteiger partial charge in [0.15, 0.2) is 0 Å². The van der Waals surface area contributed by atoms with E-state index < -0.39 is 5.97 Å². The number of hydrogen-bond acceptors (Lipinski definition) is 3. The molecule has 2 N–H and O–H groups in total. The minimum absolute atomic E-state index is 0.113. The molecule has 0 aliphatic heterocycles. The first-order valence-electron chi connectivity index (χ1n) is 8.88. The number of aromatic carboxylic acids is 1. The molecule has 0 aromatic heterocycles. The fourth-order valence-electron chi connectivity index (χ4n) is 3.11. The SMILES string of the molecule is O=C(O)c1c(CO)cccc1COc1ccccc1CCc1ccccc1. The van der Waals surface area contributed by atoms with Crippen LogP contribution in [0.25, 0.3) is 0 Å². The molecular weight excluding hydrogens is 340 g/mol. The summed E-state index contributed by atoms with van der Waals surface area (Å²) in [5.74, 6) is -0.310. The van der Waals surface area contributed by atoms with E-state index in [0.29, 0.717) is 11.1 Å². The van der Waals surface area contributed by atoms with Crippen LogP contribution < -0.4 is 4.74 Å². The summed E-state index contributed by atoms with van der Waals surface area (Å²) in [4.78, 5) is 11.6. The van der Waals surface area contributed by atoms with E-state index in [2.05, 4.69) is 12.1 Å². The second-order valence-electron chi connectivity index (χ2n) is 6.30. The van der Waals surface area contributed by atoms with Crippen LogP contribution in [0.1, 0.15) is 32.6 Å². The molecule has 27 heavy (non-hydrogen) atoms. The Morgan fingerprint density at radius 1 is 0.778 bits per heavy atom.